The van der Waals surface area contributed by atoms with Gasteiger partial charge in [0.25, 0.3) is 0 Å². The lowest BCUT2D eigenvalue weighted by Crippen LogP contribution is -2.54. The zero-order chi connectivity index (χ0) is 34.3. The second-order valence-electron chi connectivity index (χ2n) is 12.9. The van der Waals surface area contributed by atoms with Crippen molar-refractivity contribution in [3.05, 3.63) is 120 Å². The third kappa shape index (κ3) is 6.11. The van der Waals surface area contributed by atoms with Gasteiger partial charge in [0, 0.05) is 40.7 Å². The molecule has 5 aromatic rings. The number of pyridine rings is 2. The molecule has 49 heavy (non-hydrogen) atoms. The van der Waals surface area contributed by atoms with Crippen LogP contribution >= 0.6 is 0 Å². The third-order valence-corrected chi connectivity index (χ3v) is 10.2. The third-order valence-electron chi connectivity index (χ3n) is 10.2. The Morgan fingerprint density at radius 1 is 1.04 bits per heavy atom. The van der Waals surface area contributed by atoms with Gasteiger partial charge in [-0.25, -0.2) is 0 Å². The first-order valence-corrected chi connectivity index (χ1v) is 16.5. The van der Waals surface area contributed by atoms with Crippen LogP contribution in [0.15, 0.2) is 92.2 Å². The van der Waals surface area contributed by atoms with Crippen LogP contribution < -0.4 is 4.74 Å². The highest BCUT2D eigenvalue weighted by Crippen LogP contribution is 2.44. The summed E-state index contributed by atoms with van der Waals surface area (Å²) in [6, 6.07) is 18.4. The summed E-state index contributed by atoms with van der Waals surface area (Å²) in [6.45, 7) is 9.77. The Morgan fingerprint density at radius 2 is 1.88 bits per heavy atom. The topological polar surface area (TPSA) is 67.7 Å². The Labute approximate surface area is 283 Å². The molecule has 2 bridgehead atoms. The molecule has 0 radical (unpaired) electrons. The highest BCUT2D eigenvalue weighted by molar-refractivity contribution is 5.96. The molecule has 252 valence electrons. The molecule has 5 atom stereocenters. The Balaban J connectivity index is 1.24. The van der Waals surface area contributed by atoms with Crippen LogP contribution in [0.2, 0.25) is 0 Å². The van der Waals surface area contributed by atoms with E-state index in [0.29, 0.717) is 56.4 Å². The smallest absolute Gasteiger partial charge is 0.417 e. The molecule has 0 aliphatic carbocycles. The van der Waals surface area contributed by atoms with E-state index in [9.17, 15) is 18.3 Å². The number of hydrogen-bond acceptors (Lipinski definition) is 6. The number of aliphatic hydroxyl groups is 1. The van der Waals surface area contributed by atoms with Gasteiger partial charge in [0.2, 0.25) is 0 Å². The first kappa shape index (κ1) is 33.0. The number of fused-ring (bicyclic) bond motifs is 5. The number of rotatable bonds is 10. The maximum Gasteiger partial charge on any atom is 0.417 e. The van der Waals surface area contributed by atoms with Crippen molar-refractivity contribution < 1.29 is 27.8 Å². The second kappa shape index (κ2) is 13.4. The molecule has 3 aliphatic rings. The molecule has 3 saturated heterocycles. The number of methoxy groups -OCH3 is 1. The minimum absolute atomic E-state index is 0.0213. The van der Waals surface area contributed by atoms with Gasteiger partial charge in [-0.3, -0.25) is 14.9 Å². The van der Waals surface area contributed by atoms with Crippen molar-refractivity contribution in [2.45, 2.75) is 44.4 Å². The highest BCUT2D eigenvalue weighted by Gasteiger charge is 2.42. The fourth-order valence-corrected chi connectivity index (χ4v) is 7.88. The van der Waals surface area contributed by atoms with Gasteiger partial charge in [0.1, 0.15) is 5.75 Å². The molecule has 5 heterocycles. The number of hydrogen-bond donors (Lipinski definition) is 1. The molecule has 3 aromatic carbocycles. The molecule has 0 saturated carbocycles. The monoisotopic (exact) mass is 665 g/mol. The van der Waals surface area contributed by atoms with Crippen molar-refractivity contribution >= 4 is 27.9 Å². The summed E-state index contributed by atoms with van der Waals surface area (Å²) >= 11 is 0. The van der Waals surface area contributed by atoms with E-state index in [4.69, 9.17) is 14.5 Å². The summed E-state index contributed by atoms with van der Waals surface area (Å²) < 4.78 is 55.1. The van der Waals surface area contributed by atoms with E-state index in [-0.39, 0.29) is 24.8 Å². The molecule has 1 N–H and O–H groups in total. The summed E-state index contributed by atoms with van der Waals surface area (Å²) in [6.07, 6.45) is 1.81. The van der Waals surface area contributed by atoms with Crippen molar-refractivity contribution in [2.24, 2.45) is 11.8 Å². The Morgan fingerprint density at radius 3 is 2.61 bits per heavy atom. The van der Waals surface area contributed by atoms with Crippen LogP contribution in [0.5, 0.6) is 5.75 Å². The van der Waals surface area contributed by atoms with Crippen molar-refractivity contribution in [1.82, 2.24) is 14.9 Å². The van der Waals surface area contributed by atoms with Crippen LogP contribution in [-0.4, -0.2) is 46.2 Å². The molecule has 9 heteroatoms. The molecule has 3 fully saturated rings. The number of benzene rings is 3. The van der Waals surface area contributed by atoms with Crippen LogP contribution in [0.1, 0.15) is 46.9 Å². The number of aliphatic hydroxyl groups excluding tert-OH is 1. The fraction of sp³-hybridized carbons (Fsp3) is 0.300. The summed E-state index contributed by atoms with van der Waals surface area (Å²) in [5, 5.41) is 13.5. The molecular weight excluding hydrogens is 627 g/mol. The average molecular weight is 666 g/mol. The van der Waals surface area contributed by atoms with E-state index in [1.807, 2.05) is 30.3 Å². The Bertz CT molecular complexity index is 2040. The van der Waals surface area contributed by atoms with Crippen LogP contribution in [0.25, 0.3) is 39.0 Å². The number of ether oxygens (including phenoxy) is 2. The number of halogens is 3. The summed E-state index contributed by atoms with van der Waals surface area (Å²) in [7, 11) is 1.60. The van der Waals surface area contributed by atoms with Crippen LogP contribution in [0.4, 0.5) is 13.2 Å². The molecule has 0 spiro atoms. The van der Waals surface area contributed by atoms with Gasteiger partial charge < -0.3 is 14.6 Å². The quantitative estimate of drug-likeness (QED) is 0.151. The first-order chi connectivity index (χ1) is 23.7. The van der Waals surface area contributed by atoms with Gasteiger partial charge in [-0.2, -0.15) is 13.2 Å². The summed E-state index contributed by atoms with van der Waals surface area (Å²) in [4.78, 5) is 11.6. The van der Waals surface area contributed by atoms with Crippen LogP contribution in [0, 0.1) is 11.8 Å². The largest absolute Gasteiger partial charge is 0.496 e. The lowest BCUT2D eigenvalue weighted by Gasteiger charge is -2.50. The summed E-state index contributed by atoms with van der Waals surface area (Å²) in [5.74, 6) is 1.50. The van der Waals surface area contributed by atoms with E-state index < -0.39 is 17.8 Å². The second-order valence-corrected chi connectivity index (χ2v) is 12.9. The molecule has 6 nitrogen and oxygen atoms in total. The number of piperidine rings is 3. The minimum atomic E-state index is -4.58. The molecular formula is C40H38F3N3O3. The molecule has 0 amide bonds. The lowest BCUT2D eigenvalue weighted by molar-refractivity contribution is -0.137. The van der Waals surface area contributed by atoms with Gasteiger partial charge in [0.15, 0.2) is 0 Å². The maximum atomic E-state index is 14.4. The summed E-state index contributed by atoms with van der Waals surface area (Å²) in [5.41, 5.74) is 3.42. The normalized spacial score (nSPS) is 21.2. The van der Waals surface area contributed by atoms with Crippen molar-refractivity contribution in [1.29, 1.82) is 0 Å². The lowest BCUT2D eigenvalue weighted by atomic mass is 9.73. The molecule has 2 aromatic heterocycles. The number of para-hydroxylation sites is 1. The van der Waals surface area contributed by atoms with Crippen LogP contribution in [0.3, 0.4) is 0 Å². The van der Waals surface area contributed by atoms with E-state index in [1.54, 1.807) is 43.5 Å². The zero-order valence-corrected chi connectivity index (χ0v) is 27.3. The predicted octanol–water partition coefficient (Wildman–Crippen LogP) is 8.77. The van der Waals surface area contributed by atoms with E-state index in [2.05, 4.69) is 23.0 Å². The van der Waals surface area contributed by atoms with Crippen molar-refractivity contribution in [2.75, 3.05) is 20.2 Å². The molecule has 3 aliphatic heterocycles. The minimum Gasteiger partial charge on any atom is -0.496 e. The fourth-order valence-electron chi connectivity index (χ4n) is 7.88. The van der Waals surface area contributed by atoms with Gasteiger partial charge in [-0.15, -0.1) is 6.58 Å². The Kier molecular flexibility index (Phi) is 9.00. The van der Waals surface area contributed by atoms with Crippen molar-refractivity contribution in [3.63, 3.8) is 0 Å². The van der Waals surface area contributed by atoms with Gasteiger partial charge in [-0.05, 0) is 84.3 Å². The molecule has 8 rings (SSSR count). The van der Waals surface area contributed by atoms with Crippen LogP contribution in [-0.2, 0) is 24.1 Å². The SMILES string of the molecule is C=Cc1c(OC)ccc2nc(COCc3cccc(C(F)(F)F)c3-c3ccnc4ccccc34)cc([C@@H](O)[C@@H]3CC4CCN3C[C@@H]4C=C)c12. The van der Waals surface area contributed by atoms with E-state index in [0.717, 1.165) is 42.9 Å². The van der Waals surface area contributed by atoms with E-state index >= 15 is 0 Å². The van der Waals surface area contributed by atoms with Crippen molar-refractivity contribution in [3.8, 4) is 16.9 Å². The number of alkyl halides is 3. The maximum absolute atomic E-state index is 14.4. The first-order valence-electron chi connectivity index (χ1n) is 16.5. The molecule has 2 unspecified atom stereocenters. The predicted molar refractivity (Wildman–Crippen MR) is 186 cm³/mol. The van der Waals surface area contributed by atoms with Gasteiger partial charge in [-0.1, -0.05) is 49.1 Å². The van der Waals surface area contributed by atoms with Gasteiger partial charge in [0.05, 0.1) is 48.7 Å². The average Bonchev–Trinajstić information content (AvgIpc) is 3.13. The number of aromatic nitrogens is 2. The highest BCUT2D eigenvalue weighted by atomic mass is 19.4. The number of nitrogens with zero attached hydrogens (tertiary/aromatic N) is 3. The standard InChI is InChI=1S/C40H38F3N3O3/c1-4-24-21-46-18-16-25(24)19-35(46)39(47)31-20-27(45-34-13-14-36(48-3)28(5-2)38(31)34)23-49-22-26-9-8-11-32(40(41,42)43)37(26)30-15-17-44-33-12-7-6-10-29(30)33/h4-15,17,20,24-25,35,39,47H,1-2,16,18-19,21-23H2,3H3/t24-,25?,35-,39+/m0/s1. The zero-order valence-electron chi connectivity index (χ0n) is 27.3. The van der Waals surface area contributed by atoms with E-state index in [1.165, 1.54) is 12.3 Å². The Hall–Kier alpha value is -4.57. The van der Waals surface area contributed by atoms with Gasteiger partial charge >= 0.3 is 6.18 Å².